The Labute approximate surface area is 176 Å². The number of H-pyrrole nitrogens is 1. The number of benzene rings is 1. The predicted molar refractivity (Wildman–Crippen MR) is 120 cm³/mol. The molecule has 0 amide bonds. The number of imidazole rings is 1. The van der Waals surface area contributed by atoms with Crippen molar-refractivity contribution in [1.82, 2.24) is 19.1 Å². The van der Waals surface area contributed by atoms with E-state index in [-0.39, 0.29) is 0 Å². The number of nitrogens with zero attached hydrogens (tertiary/aromatic N) is 4. The highest BCUT2D eigenvalue weighted by atomic mass is 79.9. The van der Waals surface area contributed by atoms with E-state index in [0.29, 0.717) is 23.7 Å². The number of unbranched alkanes of at least 4 members (excludes halogenated alkanes) is 4. The van der Waals surface area contributed by atoms with Crippen molar-refractivity contribution in [2.75, 3.05) is 5.43 Å². The Morgan fingerprint density at radius 1 is 1.17 bits per heavy atom. The normalized spacial score (nSPS) is 11.6. The highest BCUT2D eigenvalue weighted by molar-refractivity contribution is 9.10. The fraction of sp³-hybridized carbons (Fsp3) is 0.400. The Bertz CT molecular complexity index is 1110. The molecular formula is C20H25BrN6O2. The summed E-state index contributed by atoms with van der Waals surface area (Å²) in [5.41, 5.74) is 3.66. The number of halogens is 1. The van der Waals surface area contributed by atoms with Crippen LogP contribution < -0.4 is 16.7 Å². The summed E-state index contributed by atoms with van der Waals surface area (Å²) in [7, 11) is 1.59. The van der Waals surface area contributed by atoms with Crippen molar-refractivity contribution in [1.29, 1.82) is 0 Å². The maximum absolute atomic E-state index is 12.4. The minimum absolute atomic E-state index is 0.341. The van der Waals surface area contributed by atoms with Crippen molar-refractivity contribution in [2.45, 2.75) is 45.6 Å². The minimum Gasteiger partial charge on any atom is -0.303 e. The van der Waals surface area contributed by atoms with Gasteiger partial charge in [0.15, 0.2) is 11.2 Å². The number of fused-ring (bicyclic) bond motifs is 1. The largest absolute Gasteiger partial charge is 0.329 e. The first-order valence-corrected chi connectivity index (χ1v) is 10.5. The molecule has 0 unspecified atom stereocenters. The van der Waals surface area contributed by atoms with Gasteiger partial charge in [-0.15, -0.1) is 0 Å². The van der Waals surface area contributed by atoms with E-state index in [9.17, 15) is 9.59 Å². The number of nitrogens with one attached hydrogen (secondary N) is 2. The number of anilines is 1. The molecule has 0 saturated heterocycles. The van der Waals surface area contributed by atoms with Gasteiger partial charge in [0.2, 0.25) is 5.95 Å². The molecular weight excluding hydrogens is 436 g/mol. The molecule has 0 spiro atoms. The fourth-order valence-electron chi connectivity index (χ4n) is 3.12. The molecule has 29 heavy (non-hydrogen) atoms. The smallest absolute Gasteiger partial charge is 0.303 e. The van der Waals surface area contributed by atoms with Crippen LogP contribution in [0.3, 0.4) is 0 Å². The standard InChI is InChI=1S/C20H25BrN6O2/c1-3-4-5-6-7-12-27-16-17(26(2)20(29)24-18(16)28)23-19(27)25-22-13-14-8-10-15(21)11-9-14/h8-11,13H,3-7,12H2,1-2H3,(H,23,25)(H,24,28,29). The van der Waals surface area contributed by atoms with Gasteiger partial charge < -0.3 is 4.57 Å². The van der Waals surface area contributed by atoms with Gasteiger partial charge in [-0.1, -0.05) is 60.7 Å². The predicted octanol–water partition coefficient (Wildman–Crippen LogP) is 3.60. The van der Waals surface area contributed by atoms with Crippen molar-refractivity contribution < 1.29 is 0 Å². The van der Waals surface area contributed by atoms with Crippen LogP contribution in [0.4, 0.5) is 5.95 Å². The first kappa shape index (κ1) is 21.0. The number of hydrogen-bond acceptors (Lipinski definition) is 5. The number of rotatable bonds is 9. The van der Waals surface area contributed by atoms with Gasteiger partial charge in [-0.3, -0.25) is 14.3 Å². The van der Waals surface area contributed by atoms with Gasteiger partial charge in [0.1, 0.15) is 0 Å². The van der Waals surface area contributed by atoms with E-state index in [0.717, 1.165) is 29.3 Å². The summed E-state index contributed by atoms with van der Waals surface area (Å²) in [5, 5.41) is 4.26. The minimum atomic E-state index is -0.486. The zero-order valence-electron chi connectivity index (χ0n) is 16.6. The van der Waals surface area contributed by atoms with E-state index >= 15 is 0 Å². The van der Waals surface area contributed by atoms with Crippen LogP contribution in [0.25, 0.3) is 11.2 Å². The van der Waals surface area contributed by atoms with Crippen LogP contribution in [0.2, 0.25) is 0 Å². The second-order valence-corrected chi connectivity index (χ2v) is 7.83. The summed E-state index contributed by atoms with van der Waals surface area (Å²) < 4.78 is 4.14. The molecule has 8 nitrogen and oxygen atoms in total. The molecule has 0 aliphatic rings. The second-order valence-electron chi connectivity index (χ2n) is 6.91. The lowest BCUT2D eigenvalue weighted by Gasteiger charge is -2.08. The molecule has 2 heterocycles. The van der Waals surface area contributed by atoms with Gasteiger partial charge >= 0.3 is 5.69 Å². The molecule has 2 aromatic heterocycles. The summed E-state index contributed by atoms with van der Waals surface area (Å²) in [6.45, 7) is 2.80. The quantitative estimate of drug-likeness (QED) is 0.289. The number of aryl methyl sites for hydroxylation is 2. The molecule has 3 aromatic rings. The van der Waals surface area contributed by atoms with Crippen LogP contribution in [-0.2, 0) is 13.6 Å². The van der Waals surface area contributed by atoms with Crippen LogP contribution in [0.5, 0.6) is 0 Å². The molecule has 0 aliphatic carbocycles. The molecule has 2 N–H and O–H groups in total. The molecule has 0 atom stereocenters. The van der Waals surface area contributed by atoms with Crippen molar-refractivity contribution in [3.63, 3.8) is 0 Å². The first-order valence-electron chi connectivity index (χ1n) is 9.75. The number of aromatic amines is 1. The summed E-state index contributed by atoms with van der Waals surface area (Å²) in [6.07, 6.45) is 7.19. The third-order valence-corrected chi connectivity index (χ3v) is 5.27. The van der Waals surface area contributed by atoms with Gasteiger partial charge in [0, 0.05) is 18.1 Å². The maximum atomic E-state index is 12.4. The van der Waals surface area contributed by atoms with E-state index < -0.39 is 11.2 Å². The Kier molecular flexibility index (Phi) is 7.03. The summed E-state index contributed by atoms with van der Waals surface area (Å²) >= 11 is 3.40. The number of hydrazone groups is 1. The van der Waals surface area contributed by atoms with Crippen molar-refractivity contribution in [2.24, 2.45) is 12.1 Å². The maximum Gasteiger partial charge on any atom is 0.329 e. The molecule has 0 radical (unpaired) electrons. The van der Waals surface area contributed by atoms with Gasteiger partial charge in [-0.2, -0.15) is 10.1 Å². The molecule has 1 aromatic carbocycles. The van der Waals surface area contributed by atoms with Gasteiger partial charge in [0.05, 0.1) is 6.21 Å². The molecule has 0 aliphatic heterocycles. The second kappa shape index (κ2) is 9.69. The van der Waals surface area contributed by atoms with E-state index in [1.165, 1.54) is 17.4 Å². The number of hydrogen-bond donors (Lipinski definition) is 2. The van der Waals surface area contributed by atoms with Crippen LogP contribution in [0.15, 0.2) is 43.4 Å². The zero-order chi connectivity index (χ0) is 20.8. The molecule has 0 saturated carbocycles. The molecule has 0 fully saturated rings. The SMILES string of the molecule is CCCCCCCn1c(NN=Cc2ccc(Br)cc2)nc2c1c(=O)[nH]c(=O)n2C. The monoisotopic (exact) mass is 460 g/mol. The van der Waals surface area contributed by atoms with Gasteiger partial charge in [0.25, 0.3) is 5.56 Å². The van der Waals surface area contributed by atoms with Crippen molar-refractivity contribution in [3.05, 3.63) is 55.1 Å². The molecule has 0 bridgehead atoms. The molecule has 3 rings (SSSR count). The van der Waals surface area contributed by atoms with E-state index in [1.54, 1.807) is 17.8 Å². The van der Waals surface area contributed by atoms with Crippen molar-refractivity contribution >= 4 is 39.3 Å². The third kappa shape index (κ3) is 5.03. The average molecular weight is 461 g/mol. The lowest BCUT2D eigenvalue weighted by atomic mass is 10.1. The lowest BCUT2D eigenvalue weighted by molar-refractivity contribution is 0.577. The fourth-order valence-corrected chi connectivity index (χ4v) is 3.39. The topological polar surface area (TPSA) is 97.1 Å². The summed E-state index contributed by atoms with van der Waals surface area (Å²) in [4.78, 5) is 31.2. The van der Waals surface area contributed by atoms with Crippen LogP contribution in [-0.4, -0.2) is 25.3 Å². The summed E-state index contributed by atoms with van der Waals surface area (Å²) in [6, 6.07) is 7.73. The van der Waals surface area contributed by atoms with E-state index in [4.69, 9.17) is 0 Å². The Morgan fingerprint density at radius 2 is 1.90 bits per heavy atom. The first-order chi connectivity index (χ1) is 14.0. The number of aromatic nitrogens is 4. The van der Waals surface area contributed by atoms with Crippen LogP contribution in [0, 0.1) is 0 Å². The van der Waals surface area contributed by atoms with E-state index in [2.05, 4.69) is 43.3 Å². The summed E-state index contributed by atoms with van der Waals surface area (Å²) in [5.74, 6) is 0.440. The highest BCUT2D eigenvalue weighted by Gasteiger charge is 2.16. The van der Waals surface area contributed by atoms with E-state index in [1.807, 2.05) is 24.3 Å². The van der Waals surface area contributed by atoms with Crippen LogP contribution in [0.1, 0.15) is 44.6 Å². The third-order valence-electron chi connectivity index (χ3n) is 4.74. The molecule has 9 heteroatoms. The van der Waals surface area contributed by atoms with Gasteiger partial charge in [-0.25, -0.2) is 10.2 Å². The van der Waals surface area contributed by atoms with Crippen molar-refractivity contribution in [3.8, 4) is 0 Å². The zero-order valence-corrected chi connectivity index (χ0v) is 18.2. The van der Waals surface area contributed by atoms with Crippen LogP contribution >= 0.6 is 15.9 Å². The Morgan fingerprint density at radius 3 is 2.62 bits per heavy atom. The lowest BCUT2D eigenvalue weighted by Crippen LogP contribution is -2.29. The average Bonchev–Trinajstić information content (AvgIpc) is 3.07. The Balaban J connectivity index is 1.89. The van der Waals surface area contributed by atoms with Gasteiger partial charge in [-0.05, 0) is 24.1 Å². The Hall–Kier alpha value is -2.68. The highest BCUT2D eigenvalue weighted by Crippen LogP contribution is 2.17. The molecule has 154 valence electrons.